The zero-order valence-electron chi connectivity index (χ0n) is 15.0. The molecule has 4 nitrogen and oxygen atoms in total. The minimum Gasteiger partial charge on any atom is -0.346 e. The molecule has 0 radical (unpaired) electrons. The first-order chi connectivity index (χ1) is 14.1. The summed E-state index contributed by atoms with van der Waals surface area (Å²) < 4.78 is 0. The molecule has 0 aliphatic rings. The van der Waals surface area contributed by atoms with E-state index in [0.29, 0.717) is 37.9 Å². The zero-order valence-corrected chi connectivity index (χ0v) is 16.5. The summed E-state index contributed by atoms with van der Waals surface area (Å²) in [6.07, 6.45) is 3.27. The Labute approximate surface area is 175 Å². The molecular formula is C23H13Cl2N3O. The van der Waals surface area contributed by atoms with Gasteiger partial charge < -0.3 is 4.98 Å². The lowest BCUT2D eigenvalue weighted by Crippen LogP contribution is -2.05. The van der Waals surface area contributed by atoms with Crippen LogP contribution in [0.2, 0.25) is 10.0 Å². The van der Waals surface area contributed by atoms with E-state index >= 15 is 0 Å². The van der Waals surface area contributed by atoms with Crippen molar-refractivity contribution in [3.8, 4) is 22.4 Å². The summed E-state index contributed by atoms with van der Waals surface area (Å²) in [4.78, 5) is 24.7. The Morgan fingerprint density at radius 1 is 0.897 bits per heavy atom. The molecule has 0 saturated heterocycles. The molecule has 5 aromatic rings. The molecule has 140 valence electrons. The monoisotopic (exact) mass is 417 g/mol. The molecule has 0 atom stereocenters. The number of benzene rings is 2. The molecular weight excluding hydrogens is 405 g/mol. The molecule has 0 aliphatic heterocycles. The number of nitrogens with zero attached hydrogens (tertiary/aromatic N) is 2. The number of nitrogens with one attached hydrogen (secondary N) is 1. The first-order valence-corrected chi connectivity index (χ1v) is 9.70. The largest absolute Gasteiger partial charge is 0.346 e. The lowest BCUT2D eigenvalue weighted by Gasteiger charge is -2.15. The van der Waals surface area contributed by atoms with Gasteiger partial charge in [0.05, 0.1) is 26.6 Å². The van der Waals surface area contributed by atoms with Crippen LogP contribution in [0.4, 0.5) is 0 Å². The Morgan fingerprint density at radius 3 is 2.55 bits per heavy atom. The number of fused-ring (bicyclic) bond motifs is 2. The van der Waals surface area contributed by atoms with Crippen molar-refractivity contribution >= 4 is 45.1 Å². The smallest absolute Gasteiger partial charge is 0.192 e. The standard InChI is InChI=1S/C23H13Cl2N3O/c24-16-12-15(11-14-7-4-9-26-21(14)16)18-20(25)19-17(29)8-10-27-23(19)28-22(18)13-5-2-1-3-6-13/h1-12H,(H,27,28,29). The molecule has 0 spiro atoms. The van der Waals surface area contributed by atoms with Crippen LogP contribution in [0.15, 0.2) is 77.9 Å². The van der Waals surface area contributed by atoms with E-state index in [9.17, 15) is 4.79 Å². The number of halogens is 2. The molecule has 0 amide bonds. The molecule has 1 N–H and O–H groups in total. The summed E-state index contributed by atoms with van der Waals surface area (Å²) >= 11 is 13.3. The third kappa shape index (κ3) is 2.97. The van der Waals surface area contributed by atoms with Gasteiger partial charge in [-0.3, -0.25) is 9.78 Å². The van der Waals surface area contributed by atoms with Gasteiger partial charge >= 0.3 is 0 Å². The molecule has 3 heterocycles. The van der Waals surface area contributed by atoms with Crippen LogP contribution in [0.1, 0.15) is 0 Å². The van der Waals surface area contributed by atoms with E-state index in [1.807, 2.05) is 54.6 Å². The molecule has 29 heavy (non-hydrogen) atoms. The van der Waals surface area contributed by atoms with Crippen LogP contribution in [0.3, 0.4) is 0 Å². The van der Waals surface area contributed by atoms with Crippen molar-refractivity contribution in [3.63, 3.8) is 0 Å². The minimum absolute atomic E-state index is 0.189. The summed E-state index contributed by atoms with van der Waals surface area (Å²) in [5.41, 5.74) is 3.96. The molecule has 0 unspecified atom stereocenters. The van der Waals surface area contributed by atoms with Gasteiger partial charge in [0, 0.05) is 35.0 Å². The molecule has 6 heteroatoms. The van der Waals surface area contributed by atoms with Crippen molar-refractivity contribution < 1.29 is 0 Å². The normalized spacial score (nSPS) is 11.2. The molecule has 0 saturated carbocycles. The van der Waals surface area contributed by atoms with Crippen LogP contribution < -0.4 is 5.43 Å². The third-order valence-electron chi connectivity index (χ3n) is 4.83. The lowest BCUT2D eigenvalue weighted by atomic mass is 9.96. The van der Waals surface area contributed by atoms with E-state index in [1.165, 1.54) is 6.07 Å². The number of pyridine rings is 3. The Hall–Kier alpha value is -3.21. The van der Waals surface area contributed by atoms with E-state index < -0.39 is 0 Å². The summed E-state index contributed by atoms with van der Waals surface area (Å²) in [5.74, 6) is 0. The van der Waals surface area contributed by atoms with Crippen molar-refractivity contribution in [3.05, 3.63) is 93.3 Å². The summed E-state index contributed by atoms with van der Waals surface area (Å²) in [7, 11) is 0. The Morgan fingerprint density at radius 2 is 1.72 bits per heavy atom. The van der Waals surface area contributed by atoms with Gasteiger partial charge in [-0.15, -0.1) is 0 Å². The number of H-pyrrole nitrogens is 1. The second-order valence-electron chi connectivity index (χ2n) is 6.61. The van der Waals surface area contributed by atoms with E-state index in [-0.39, 0.29) is 5.43 Å². The summed E-state index contributed by atoms with van der Waals surface area (Å²) in [6, 6.07) is 18.7. The summed E-state index contributed by atoms with van der Waals surface area (Å²) in [6.45, 7) is 0. The SMILES string of the molecule is O=c1cc[nH]c2nc(-c3ccccc3)c(-c3cc(Cl)c4ncccc4c3)c(Cl)c12. The van der Waals surface area contributed by atoms with Crippen molar-refractivity contribution in [1.82, 2.24) is 15.0 Å². The number of rotatable bonds is 2. The first kappa shape index (κ1) is 17.9. The maximum absolute atomic E-state index is 12.5. The van der Waals surface area contributed by atoms with Gasteiger partial charge in [0.15, 0.2) is 5.43 Å². The van der Waals surface area contributed by atoms with Crippen LogP contribution in [0.5, 0.6) is 0 Å². The number of aromatic nitrogens is 3. The fraction of sp³-hybridized carbons (Fsp3) is 0. The number of aromatic amines is 1. The predicted octanol–water partition coefficient (Wildman–Crippen LogP) is 6.11. The van der Waals surface area contributed by atoms with Crippen molar-refractivity contribution in [2.45, 2.75) is 0 Å². The fourth-order valence-electron chi connectivity index (χ4n) is 3.53. The highest BCUT2D eigenvalue weighted by molar-refractivity contribution is 6.39. The third-order valence-corrected chi connectivity index (χ3v) is 5.50. The average Bonchev–Trinajstić information content (AvgIpc) is 2.74. The molecule has 0 bridgehead atoms. The second-order valence-corrected chi connectivity index (χ2v) is 7.40. The summed E-state index contributed by atoms with van der Waals surface area (Å²) in [5, 5.41) is 2.09. The molecule has 2 aromatic carbocycles. The van der Waals surface area contributed by atoms with Gasteiger partial charge in [0.1, 0.15) is 5.65 Å². The highest BCUT2D eigenvalue weighted by Gasteiger charge is 2.20. The van der Waals surface area contributed by atoms with E-state index in [2.05, 4.69) is 9.97 Å². The van der Waals surface area contributed by atoms with Crippen molar-refractivity contribution in [1.29, 1.82) is 0 Å². The zero-order chi connectivity index (χ0) is 20.0. The maximum atomic E-state index is 12.5. The quantitative estimate of drug-likeness (QED) is 0.376. The van der Waals surface area contributed by atoms with Gasteiger partial charge in [-0.2, -0.15) is 0 Å². The van der Waals surface area contributed by atoms with E-state index in [1.54, 1.807) is 12.4 Å². The van der Waals surface area contributed by atoms with Crippen LogP contribution >= 0.6 is 23.2 Å². The van der Waals surface area contributed by atoms with E-state index in [0.717, 1.165) is 16.5 Å². The average molecular weight is 418 g/mol. The van der Waals surface area contributed by atoms with Gasteiger partial charge in [0.25, 0.3) is 0 Å². The van der Waals surface area contributed by atoms with Gasteiger partial charge in [0.2, 0.25) is 0 Å². The van der Waals surface area contributed by atoms with Crippen LogP contribution in [0, 0.1) is 0 Å². The lowest BCUT2D eigenvalue weighted by molar-refractivity contribution is 1.28. The van der Waals surface area contributed by atoms with Gasteiger partial charge in [-0.05, 0) is 23.8 Å². The van der Waals surface area contributed by atoms with Crippen LogP contribution in [0.25, 0.3) is 44.3 Å². The maximum Gasteiger partial charge on any atom is 0.192 e. The Bertz CT molecular complexity index is 1450. The topological polar surface area (TPSA) is 58.6 Å². The Balaban J connectivity index is 1.93. The highest BCUT2D eigenvalue weighted by Crippen LogP contribution is 2.41. The number of hydrogen-bond acceptors (Lipinski definition) is 3. The molecule has 5 rings (SSSR count). The van der Waals surface area contributed by atoms with Gasteiger partial charge in [-0.25, -0.2) is 4.98 Å². The Kier molecular flexibility index (Phi) is 4.31. The number of hydrogen-bond donors (Lipinski definition) is 1. The van der Waals surface area contributed by atoms with E-state index in [4.69, 9.17) is 28.2 Å². The molecule has 0 aliphatic carbocycles. The molecule has 3 aromatic heterocycles. The van der Waals surface area contributed by atoms with Crippen molar-refractivity contribution in [2.24, 2.45) is 0 Å². The van der Waals surface area contributed by atoms with Crippen molar-refractivity contribution in [2.75, 3.05) is 0 Å². The predicted molar refractivity (Wildman–Crippen MR) is 119 cm³/mol. The minimum atomic E-state index is -0.189. The molecule has 0 fully saturated rings. The van der Waals surface area contributed by atoms with Crippen LogP contribution in [-0.2, 0) is 0 Å². The second kappa shape index (κ2) is 6.99. The highest BCUT2D eigenvalue weighted by atomic mass is 35.5. The van der Waals surface area contributed by atoms with Crippen LogP contribution in [-0.4, -0.2) is 15.0 Å². The fourth-order valence-corrected chi connectivity index (χ4v) is 4.18. The van der Waals surface area contributed by atoms with Gasteiger partial charge in [-0.1, -0.05) is 59.6 Å². The first-order valence-electron chi connectivity index (χ1n) is 8.94.